The summed E-state index contributed by atoms with van der Waals surface area (Å²) in [5.74, 6) is 1.59. The Morgan fingerprint density at radius 3 is 2.54 bits per heavy atom. The maximum absolute atomic E-state index is 12.8. The van der Waals surface area contributed by atoms with Gasteiger partial charge in [0, 0.05) is 17.6 Å². The van der Waals surface area contributed by atoms with E-state index in [1.165, 1.54) is 6.42 Å². The van der Waals surface area contributed by atoms with Gasteiger partial charge >= 0.3 is 0 Å². The lowest BCUT2D eigenvalue weighted by Gasteiger charge is -2.38. The van der Waals surface area contributed by atoms with Crippen LogP contribution in [-0.4, -0.2) is 30.0 Å². The Labute approximate surface area is 142 Å². The molecule has 1 aliphatic heterocycles. The highest BCUT2D eigenvalue weighted by atomic mass is 16.5. The molecule has 2 atom stereocenters. The van der Waals surface area contributed by atoms with Gasteiger partial charge < -0.3 is 19.8 Å². The van der Waals surface area contributed by atoms with E-state index in [0.29, 0.717) is 23.0 Å². The number of anilines is 1. The molecule has 0 radical (unpaired) electrons. The van der Waals surface area contributed by atoms with Crippen LogP contribution in [0.4, 0.5) is 5.69 Å². The van der Waals surface area contributed by atoms with Gasteiger partial charge in [-0.2, -0.15) is 0 Å². The van der Waals surface area contributed by atoms with Gasteiger partial charge in [-0.15, -0.1) is 0 Å². The number of hydrogen-bond donors (Lipinski definition) is 1. The van der Waals surface area contributed by atoms with E-state index in [-0.39, 0.29) is 18.0 Å². The quantitative estimate of drug-likeness (QED) is 0.867. The average Bonchev–Trinajstić information content (AvgIpc) is 3.04. The summed E-state index contributed by atoms with van der Waals surface area (Å²) in [6.07, 6.45) is 3.25. The lowest BCUT2D eigenvalue weighted by molar-refractivity contribution is 0.0479. The van der Waals surface area contributed by atoms with Gasteiger partial charge in [0.05, 0.1) is 12.8 Å². The SMILES string of the molecule is COc1ccc(-c2ccc(C(=O)N3C(C)CCCC3C)o2)cc1N. The molecule has 0 saturated carbocycles. The van der Waals surface area contributed by atoms with Gasteiger partial charge in [0.15, 0.2) is 5.76 Å². The van der Waals surface area contributed by atoms with Gasteiger partial charge in [0.2, 0.25) is 0 Å². The van der Waals surface area contributed by atoms with Gasteiger partial charge in [-0.05, 0) is 63.4 Å². The molecular weight excluding hydrogens is 304 g/mol. The van der Waals surface area contributed by atoms with E-state index in [0.717, 1.165) is 18.4 Å². The first kappa shape index (κ1) is 16.4. The first-order valence-corrected chi connectivity index (χ1v) is 8.37. The fourth-order valence-corrected chi connectivity index (χ4v) is 3.44. The van der Waals surface area contributed by atoms with Gasteiger partial charge in [-0.3, -0.25) is 4.79 Å². The van der Waals surface area contributed by atoms with Gasteiger partial charge in [-0.1, -0.05) is 0 Å². The zero-order valence-corrected chi connectivity index (χ0v) is 14.4. The van der Waals surface area contributed by atoms with Crippen LogP contribution in [0.3, 0.4) is 0 Å². The van der Waals surface area contributed by atoms with E-state index >= 15 is 0 Å². The molecule has 2 unspecified atom stereocenters. The smallest absolute Gasteiger partial charge is 0.290 e. The number of carbonyl (C=O) groups is 1. The van der Waals surface area contributed by atoms with Crippen LogP contribution in [0.1, 0.15) is 43.7 Å². The zero-order valence-electron chi connectivity index (χ0n) is 14.4. The standard InChI is InChI=1S/C19H24N2O3/c1-12-5-4-6-13(2)21(12)19(22)18-10-9-16(24-18)14-7-8-17(23-3)15(20)11-14/h7-13H,4-6,20H2,1-3H3. The number of nitrogens with two attached hydrogens (primary N) is 1. The molecule has 3 rings (SSSR count). The Morgan fingerprint density at radius 1 is 1.21 bits per heavy atom. The van der Waals surface area contributed by atoms with Crippen molar-refractivity contribution in [2.75, 3.05) is 12.8 Å². The van der Waals surface area contributed by atoms with Crippen LogP contribution in [0.25, 0.3) is 11.3 Å². The Morgan fingerprint density at radius 2 is 1.92 bits per heavy atom. The van der Waals surface area contributed by atoms with Gasteiger partial charge in [-0.25, -0.2) is 0 Å². The molecular formula is C19H24N2O3. The van der Waals surface area contributed by atoms with Crippen LogP contribution in [-0.2, 0) is 0 Å². The molecule has 1 saturated heterocycles. The summed E-state index contributed by atoms with van der Waals surface area (Å²) in [6, 6.07) is 9.49. The molecule has 1 fully saturated rings. The minimum Gasteiger partial charge on any atom is -0.495 e. The van der Waals surface area contributed by atoms with Crippen molar-refractivity contribution in [1.82, 2.24) is 4.90 Å². The van der Waals surface area contributed by atoms with Crippen LogP contribution < -0.4 is 10.5 Å². The molecule has 1 aromatic heterocycles. The Hall–Kier alpha value is -2.43. The predicted octanol–water partition coefficient (Wildman–Crippen LogP) is 3.94. The van der Waals surface area contributed by atoms with Crippen molar-refractivity contribution >= 4 is 11.6 Å². The number of rotatable bonds is 3. The number of carbonyl (C=O) groups excluding carboxylic acids is 1. The van der Waals surface area contributed by atoms with Crippen LogP contribution in [0.2, 0.25) is 0 Å². The summed E-state index contributed by atoms with van der Waals surface area (Å²) in [5.41, 5.74) is 7.31. The van der Waals surface area contributed by atoms with E-state index < -0.39 is 0 Å². The van der Waals surface area contributed by atoms with Crippen molar-refractivity contribution in [3.8, 4) is 17.1 Å². The molecule has 1 aromatic carbocycles. The molecule has 128 valence electrons. The fraction of sp³-hybridized carbons (Fsp3) is 0.421. The second-order valence-corrected chi connectivity index (χ2v) is 6.46. The van der Waals surface area contributed by atoms with Crippen LogP contribution in [0, 0.1) is 0 Å². The van der Waals surface area contributed by atoms with Crippen molar-refractivity contribution < 1.29 is 13.9 Å². The average molecular weight is 328 g/mol. The number of ether oxygens (including phenoxy) is 1. The summed E-state index contributed by atoms with van der Waals surface area (Å²) in [6.45, 7) is 4.20. The predicted molar refractivity (Wildman–Crippen MR) is 94.1 cm³/mol. The highest BCUT2D eigenvalue weighted by Gasteiger charge is 2.31. The molecule has 1 amide bonds. The van der Waals surface area contributed by atoms with Crippen molar-refractivity contribution in [2.24, 2.45) is 0 Å². The van der Waals surface area contributed by atoms with E-state index in [4.69, 9.17) is 14.9 Å². The van der Waals surface area contributed by atoms with Crippen molar-refractivity contribution in [3.63, 3.8) is 0 Å². The van der Waals surface area contributed by atoms with Crippen LogP contribution in [0.5, 0.6) is 5.75 Å². The third-order valence-electron chi connectivity index (χ3n) is 4.76. The topological polar surface area (TPSA) is 68.7 Å². The number of nitrogens with zero attached hydrogens (tertiary/aromatic N) is 1. The first-order chi connectivity index (χ1) is 11.5. The minimum atomic E-state index is -0.0394. The summed E-state index contributed by atoms with van der Waals surface area (Å²) in [4.78, 5) is 14.8. The number of amides is 1. The lowest BCUT2D eigenvalue weighted by atomic mass is 9.97. The summed E-state index contributed by atoms with van der Waals surface area (Å²) >= 11 is 0. The van der Waals surface area contributed by atoms with Gasteiger partial charge in [0.1, 0.15) is 11.5 Å². The highest BCUT2D eigenvalue weighted by Crippen LogP contribution is 2.31. The monoisotopic (exact) mass is 328 g/mol. The minimum absolute atomic E-state index is 0.0394. The van der Waals surface area contributed by atoms with Crippen LogP contribution in [0.15, 0.2) is 34.7 Å². The summed E-state index contributed by atoms with van der Waals surface area (Å²) in [5, 5.41) is 0. The van der Waals surface area contributed by atoms with Crippen molar-refractivity contribution in [2.45, 2.75) is 45.2 Å². The lowest BCUT2D eigenvalue weighted by Crippen LogP contribution is -2.47. The number of benzene rings is 1. The van der Waals surface area contributed by atoms with Crippen molar-refractivity contribution in [3.05, 3.63) is 36.1 Å². The van der Waals surface area contributed by atoms with E-state index in [1.54, 1.807) is 25.3 Å². The third kappa shape index (κ3) is 2.98. The zero-order chi connectivity index (χ0) is 17.3. The molecule has 5 nitrogen and oxygen atoms in total. The highest BCUT2D eigenvalue weighted by molar-refractivity contribution is 5.92. The van der Waals surface area contributed by atoms with E-state index in [1.807, 2.05) is 17.0 Å². The second kappa shape index (κ2) is 6.59. The summed E-state index contributed by atoms with van der Waals surface area (Å²) in [7, 11) is 1.58. The molecule has 0 bridgehead atoms. The number of furan rings is 1. The second-order valence-electron chi connectivity index (χ2n) is 6.46. The Bertz CT molecular complexity index is 728. The molecule has 0 aliphatic carbocycles. The number of likely N-dealkylation sites (tertiary alicyclic amines) is 1. The maximum Gasteiger partial charge on any atom is 0.290 e. The molecule has 24 heavy (non-hydrogen) atoms. The van der Waals surface area contributed by atoms with Crippen molar-refractivity contribution in [1.29, 1.82) is 0 Å². The van der Waals surface area contributed by atoms with Gasteiger partial charge in [0.25, 0.3) is 5.91 Å². The molecule has 0 spiro atoms. The number of hydrogen-bond acceptors (Lipinski definition) is 4. The first-order valence-electron chi connectivity index (χ1n) is 8.37. The number of nitrogen functional groups attached to an aromatic ring is 1. The number of methoxy groups -OCH3 is 1. The van der Waals surface area contributed by atoms with E-state index in [9.17, 15) is 4.79 Å². The number of piperidine rings is 1. The molecule has 2 N–H and O–H groups in total. The normalized spacial score (nSPS) is 20.9. The third-order valence-corrected chi connectivity index (χ3v) is 4.76. The molecule has 2 heterocycles. The molecule has 2 aromatic rings. The Balaban J connectivity index is 1.85. The molecule has 5 heteroatoms. The maximum atomic E-state index is 12.8. The largest absolute Gasteiger partial charge is 0.495 e. The van der Waals surface area contributed by atoms with Crippen LogP contribution >= 0.6 is 0 Å². The summed E-state index contributed by atoms with van der Waals surface area (Å²) < 4.78 is 11.0. The molecule has 1 aliphatic rings. The van der Waals surface area contributed by atoms with E-state index in [2.05, 4.69) is 13.8 Å². The Kier molecular flexibility index (Phi) is 4.51. The fourth-order valence-electron chi connectivity index (χ4n) is 3.44.